The van der Waals surface area contributed by atoms with E-state index >= 15 is 0 Å². The zero-order valence-electron chi connectivity index (χ0n) is 9.26. The summed E-state index contributed by atoms with van der Waals surface area (Å²) in [7, 11) is 1.62. The van der Waals surface area contributed by atoms with E-state index in [9.17, 15) is 4.79 Å². The molecule has 0 fully saturated rings. The Labute approximate surface area is 89.6 Å². The van der Waals surface area contributed by atoms with E-state index in [4.69, 9.17) is 4.74 Å². The second kappa shape index (κ2) is 5.24. The lowest BCUT2D eigenvalue weighted by atomic mass is 10.2. The summed E-state index contributed by atoms with van der Waals surface area (Å²) < 4.78 is 5.12. The average Bonchev–Trinajstić information content (AvgIpc) is 2.18. The molecule has 0 aliphatic carbocycles. The van der Waals surface area contributed by atoms with Crippen molar-refractivity contribution in [2.45, 2.75) is 13.8 Å². The Morgan fingerprint density at radius 3 is 2.73 bits per heavy atom. The Morgan fingerprint density at radius 2 is 2.20 bits per heavy atom. The molecule has 82 valence electrons. The van der Waals surface area contributed by atoms with Crippen molar-refractivity contribution in [2.75, 3.05) is 19.0 Å². The van der Waals surface area contributed by atoms with E-state index in [1.54, 1.807) is 13.2 Å². The Kier molecular flexibility index (Phi) is 3.97. The van der Waals surface area contributed by atoms with Crippen molar-refractivity contribution in [1.29, 1.82) is 0 Å². The number of rotatable bonds is 3. The third-order valence-corrected chi connectivity index (χ3v) is 1.99. The van der Waals surface area contributed by atoms with Crippen LogP contribution in [0, 0.1) is 6.92 Å². The molecule has 0 saturated carbocycles. The molecular weight excluding hydrogens is 192 g/mol. The molecule has 4 nitrogen and oxygen atoms in total. The third kappa shape index (κ3) is 3.16. The second-order valence-electron chi connectivity index (χ2n) is 3.17. The van der Waals surface area contributed by atoms with Gasteiger partial charge in [-0.25, -0.2) is 4.79 Å². The molecule has 0 aromatic heterocycles. The van der Waals surface area contributed by atoms with Gasteiger partial charge in [-0.15, -0.1) is 0 Å². The minimum atomic E-state index is -0.193. The summed E-state index contributed by atoms with van der Waals surface area (Å²) in [4.78, 5) is 11.2. The van der Waals surface area contributed by atoms with Gasteiger partial charge in [-0.05, 0) is 37.6 Å². The predicted molar refractivity (Wildman–Crippen MR) is 60.4 cm³/mol. The van der Waals surface area contributed by atoms with Crippen molar-refractivity contribution in [3.63, 3.8) is 0 Å². The maximum absolute atomic E-state index is 11.2. The van der Waals surface area contributed by atoms with Crippen LogP contribution in [0.1, 0.15) is 12.5 Å². The first kappa shape index (κ1) is 11.4. The number of carbonyl (C=O) groups excluding carboxylic acids is 1. The van der Waals surface area contributed by atoms with Crippen LogP contribution in [0.3, 0.4) is 0 Å². The molecule has 1 aromatic carbocycles. The number of hydrogen-bond acceptors (Lipinski definition) is 2. The number of hydrogen-bond donors (Lipinski definition) is 2. The summed E-state index contributed by atoms with van der Waals surface area (Å²) in [5, 5.41) is 5.39. The van der Waals surface area contributed by atoms with Crippen molar-refractivity contribution in [1.82, 2.24) is 5.32 Å². The summed E-state index contributed by atoms with van der Waals surface area (Å²) in [6.07, 6.45) is 0. The van der Waals surface area contributed by atoms with Crippen LogP contribution in [0.25, 0.3) is 0 Å². The monoisotopic (exact) mass is 208 g/mol. The topological polar surface area (TPSA) is 50.4 Å². The van der Waals surface area contributed by atoms with Crippen molar-refractivity contribution in [3.8, 4) is 5.75 Å². The number of nitrogens with one attached hydrogen (secondary N) is 2. The van der Waals surface area contributed by atoms with Crippen LogP contribution in [-0.2, 0) is 0 Å². The SMILES string of the molecule is CCNC(=O)Nc1ccc(OC)c(C)c1. The maximum Gasteiger partial charge on any atom is 0.319 e. The van der Waals surface area contributed by atoms with Gasteiger partial charge in [-0.3, -0.25) is 0 Å². The number of methoxy groups -OCH3 is 1. The van der Waals surface area contributed by atoms with Gasteiger partial charge < -0.3 is 15.4 Å². The standard InChI is InChI=1S/C11H16N2O2/c1-4-12-11(14)13-9-5-6-10(15-3)8(2)7-9/h5-7H,4H2,1-3H3,(H2,12,13,14). The Hall–Kier alpha value is -1.71. The number of benzene rings is 1. The molecule has 0 bridgehead atoms. The quantitative estimate of drug-likeness (QED) is 0.799. The number of aryl methyl sites for hydroxylation is 1. The fraction of sp³-hybridized carbons (Fsp3) is 0.364. The minimum Gasteiger partial charge on any atom is -0.496 e. The van der Waals surface area contributed by atoms with Crippen LogP contribution in [0.4, 0.5) is 10.5 Å². The van der Waals surface area contributed by atoms with E-state index in [1.807, 2.05) is 26.0 Å². The third-order valence-electron chi connectivity index (χ3n) is 1.99. The second-order valence-corrected chi connectivity index (χ2v) is 3.17. The van der Waals surface area contributed by atoms with Crippen molar-refractivity contribution in [2.24, 2.45) is 0 Å². The number of ether oxygens (including phenoxy) is 1. The molecule has 15 heavy (non-hydrogen) atoms. The molecule has 2 N–H and O–H groups in total. The van der Waals surface area contributed by atoms with Crippen LogP contribution >= 0.6 is 0 Å². The molecule has 0 aliphatic rings. The molecule has 0 radical (unpaired) electrons. The summed E-state index contributed by atoms with van der Waals surface area (Å²) in [5.41, 5.74) is 1.76. The highest BCUT2D eigenvalue weighted by Crippen LogP contribution is 2.21. The van der Waals surface area contributed by atoms with E-state index in [0.29, 0.717) is 6.54 Å². The molecule has 1 aromatic rings. The molecular formula is C11H16N2O2. The van der Waals surface area contributed by atoms with Gasteiger partial charge in [0, 0.05) is 12.2 Å². The van der Waals surface area contributed by atoms with Crippen molar-refractivity contribution < 1.29 is 9.53 Å². The van der Waals surface area contributed by atoms with Crippen LogP contribution < -0.4 is 15.4 Å². The van der Waals surface area contributed by atoms with E-state index in [2.05, 4.69) is 10.6 Å². The van der Waals surface area contributed by atoms with E-state index in [0.717, 1.165) is 17.0 Å². The molecule has 0 aliphatic heterocycles. The molecule has 0 spiro atoms. The molecule has 0 heterocycles. The highest BCUT2D eigenvalue weighted by Gasteiger charge is 2.02. The van der Waals surface area contributed by atoms with Gasteiger partial charge in [-0.1, -0.05) is 0 Å². The molecule has 0 unspecified atom stereocenters. The molecule has 2 amide bonds. The maximum atomic E-state index is 11.2. The molecule has 0 atom stereocenters. The lowest BCUT2D eigenvalue weighted by molar-refractivity contribution is 0.252. The lowest BCUT2D eigenvalue weighted by Gasteiger charge is -2.09. The number of urea groups is 1. The fourth-order valence-electron chi connectivity index (χ4n) is 1.29. The zero-order valence-corrected chi connectivity index (χ0v) is 9.26. The highest BCUT2D eigenvalue weighted by molar-refractivity contribution is 5.89. The first-order valence-electron chi connectivity index (χ1n) is 4.87. The minimum absolute atomic E-state index is 0.193. The van der Waals surface area contributed by atoms with Crippen LogP contribution in [-0.4, -0.2) is 19.7 Å². The van der Waals surface area contributed by atoms with Gasteiger partial charge in [0.2, 0.25) is 0 Å². The Morgan fingerprint density at radius 1 is 1.47 bits per heavy atom. The van der Waals surface area contributed by atoms with Gasteiger partial charge in [0.25, 0.3) is 0 Å². The van der Waals surface area contributed by atoms with Crippen LogP contribution in [0.5, 0.6) is 5.75 Å². The van der Waals surface area contributed by atoms with Crippen molar-refractivity contribution >= 4 is 11.7 Å². The first-order valence-corrected chi connectivity index (χ1v) is 4.87. The fourth-order valence-corrected chi connectivity index (χ4v) is 1.29. The predicted octanol–water partition coefficient (Wildman–Crippen LogP) is 2.15. The summed E-state index contributed by atoms with van der Waals surface area (Å²) in [5.74, 6) is 0.816. The zero-order chi connectivity index (χ0) is 11.3. The Balaban J connectivity index is 2.71. The number of amides is 2. The first-order chi connectivity index (χ1) is 7.17. The summed E-state index contributed by atoms with van der Waals surface area (Å²) in [6.45, 7) is 4.42. The highest BCUT2D eigenvalue weighted by atomic mass is 16.5. The van der Waals surface area contributed by atoms with E-state index in [1.165, 1.54) is 0 Å². The van der Waals surface area contributed by atoms with Gasteiger partial charge in [0.1, 0.15) is 5.75 Å². The van der Waals surface area contributed by atoms with Crippen LogP contribution in [0.15, 0.2) is 18.2 Å². The van der Waals surface area contributed by atoms with Gasteiger partial charge in [-0.2, -0.15) is 0 Å². The van der Waals surface area contributed by atoms with E-state index in [-0.39, 0.29) is 6.03 Å². The van der Waals surface area contributed by atoms with Crippen LogP contribution in [0.2, 0.25) is 0 Å². The molecule has 4 heteroatoms. The normalized spacial score (nSPS) is 9.53. The average molecular weight is 208 g/mol. The van der Waals surface area contributed by atoms with Gasteiger partial charge in [0.15, 0.2) is 0 Å². The number of carbonyl (C=O) groups is 1. The number of anilines is 1. The summed E-state index contributed by atoms with van der Waals surface area (Å²) >= 11 is 0. The van der Waals surface area contributed by atoms with Gasteiger partial charge >= 0.3 is 6.03 Å². The van der Waals surface area contributed by atoms with E-state index < -0.39 is 0 Å². The Bertz CT molecular complexity index is 350. The molecule has 1 rings (SSSR count). The molecule has 0 saturated heterocycles. The smallest absolute Gasteiger partial charge is 0.319 e. The van der Waals surface area contributed by atoms with Crippen molar-refractivity contribution in [3.05, 3.63) is 23.8 Å². The lowest BCUT2D eigenvalue weighted by Crippen LogP contribution is -2.28. The largest absolute Gasteiger partial charge is 0.496 e. The van der Waals surface area contributed by atoms with Gasteiger partial charge in [0.05, 0.1) is 7.11 Å². The summed E-state index contributed by atoms with van der Waals surface area (Å²) in [6, 6.07) is 5.31.